The number of aliphatic hydroxyl groups excluding tert-OH is 1. The molecule has 0 aliphatic heterocycles. The molecule has 3 atom stereocenters. The Kier molecular flexibility index (Phi) is 62.2. The van der Waals surface area contributed by atoms with E-state index in [1.807, 2.05) is 27.2 Å². The number of amides is 1. The molecule has 0 radical (unpaired) electrons. The van der Waals surface area contributed by atoms with Crippen molar-refractivity contribution in [1.82, 2.24) is 5.32 Å². The third kappa shape index (κ3) is 66.1. The minimum absolute atomic E-state index is 0.00705. The average Bonchev–Trinajstić information content (AvgIpc) is 3.43. The third-order valence-corrected chi connectivity index (χ3v) is 17.5. The highest BCUT2D eigenvalue weighted by atomic mass is 31.2. The number of carbonyl (C=O) groups is 1. The second kappa shape index (κ2) is 63.2. The van der Waals surface area contributed by atoms with E-state index >= 15 is 0 Å². The Labute approximate surface area is 506 Å². The van der Waals surface area contributed by atoms with E-state index in [-0.39, 0.29) is 12.5 Å². The lowest BCUT2D eigenvalue weighted by atomic mass is 10.0. The number of phosphoric ester groups is 1. The van der Waals surface area contributed by atoms with Crippen molar-refractivity contribution in [2.75, 3.05) is 40.9 Å². The quantitative estimate of drug-likeness (QED) is 0.0272. The van der Waals surface area contributed by atoms with Crippen LogP contribution in [0.3, 0.4) is 0 Å². The van der Waals surface area contributed by atoms with E-state index < -0.39 is 26.6 Å². The Morgan fingerprint density at radius 2 is 0.691 bits per heavy atom. The van der Waals surface area contributed by atoms with Gasteiger partial charge in [-0.05, 0) is 44.9 Å². The lowest BCUT2D eigenvalue weighted by Gasteiger charge is -2.29. The highest BCUT2D eigenvalue weighted by Crippen LogP contribution is 2.38. The maximum Gasteiger partial charge on any atom is 0.268 e. The summed E-state index contributed by atoms with van der Waals surface area (Å²) in [5.74, 6) is -0.203. The highest BCUT2D eigenvalue weighted by Gasteiger charge is 2.23. The number of carbonyl (C=O) groups excluding carboxylic acids is 1. The largest absolute Gasteiger partial charge is 0.756 e. The number of phosphoric acid groups is 1. The van der Waals surface area contributed by atoms with Gasteiger partial charge in [0.1, 0.15) is 13.2 Å². The molecule has 81 heavy (non-hydrogen) atoms. The van der Waals surface area contributed by atoms with Crippen LogP contribution < -0.4 is 10.2 Å². The number of hydrogen-bond donors (Lipinski definition) is 2. The summed E-state index contributed by atoms with van der Waals surface area (Å²) >= 11 is 0. The van der Waals surface area contributed by atoms with Gasteiger partial charge in [-0.3, -0.25) is 9.36 Å². The Balaban J connectivity index is 4.08. The van der Waals surface area contributed by atoms with Gasteiger partial charge in [-0.15, -0.1) is 0 Å². The van der Waals surface area contributed by atoms with Crippen molar-refractivity contribution in [3.05, 3.63) is 36.5 Å². The van der Waals surface area contributed by atoms with Crippen LogP contribution in [0.25, 0.3) is 0 Å². The lowest BCUT2D eigenvalue weighted by Crippen LogP contribution is -2.45. The number of unbranched alkanes of at least 4 members (excludes halogenated alkanes) is 50. The summed E-state index contributed by atoms with van der Waals surface area (Å²) in [6, 6.07) is -0.910. The number of nitrogens with one attached hydrogen (secondary N) is 1. The number of likely N-dealkylation sites (N-methyl/N-ethyl adjacent to an activating group) is 1. The molecule has 0 aromatic carbocycles. The first-order valence-corrected chi connectivity index (χ1v) is 37.3. The van der Waals surface area contributed by atoms with Crippen molar-refractivity contribution >= 4 is 13.7 Å². The molecule has 0 saturated heterocycles. The highest BCUT2D eigenvalue weighted by molar-refractivity contribution is 7.45. The minimum Gasteiger partial charge on any atom is -0.756 e. The molecule has 0 bridgehead atoms. The number of hydrogen-bond acceptors (Lipinski definition) is 6. The van der Waals surface area contributed by atoms with Gasteiger partial charge in [0.15, 0.2) is 0 Å². The maximum absolute atomic E-state index is 13.0. The topological polar surface area (TPSA) is 108 Å². The third-order valence-electron chi connectivity index (χ3n) is 16.6. The lowest BCUT2D eigenvalue weighted by molar-refractivity contribution is -0.870. The summed E-state index contributed by atoms with van der Waals surface area (Å²) in [5.41, 5.74) is 0. The zero-order chi connectivity index (χ0) is 59.1. The van der Waals surface area contributed by atoms with Crippen LogP contribution in [-0.2, 0) is 18.4 Å². The van der Waals surface area contributed by atoms with Crippen LogP contribution in [0.4, 0.5) is 0 Å². The first-order valence-electron chi connectivity index (χ1n) is 35.9. The van der Waals surface area contributed by atoms with Crippen LogP contribution in [-0.4, -0.2) is 68.5 Å². The number of nitrogens with zero attached hydrogens (tertiary/aromatic N) is 1. The van der Waals surface area contributed by atoms with Gasteiger partial charge in [0.25, 0.3) is 7.82 Å². The molecule has 8 nitrogen and oxygen atoms in total. The molecule has 0 aliphatic rings. The second-order valence-electron chi connectivity index (χ2n) is 25.9. The maximum atomic E-state index is 13.0. The minimum atomic E-state index is -4.61. The van der Waals surface area contributed by atoms with Crippen LogP contribution in [0, 0.1) is 0 Å². The molecule has 9 heteroatoms. The summed E-state index contributed by atoms with van der Waals surface area (Å²) in [6.07, 6.45) is 84.3. The van der Waals surface area contributed by atoms with Crippen LogP contribution in [0.15, 0.2) is 36.5 Å². The Hall–Kier alpha value is -1.28. The van der Waals surface area contributed by atoms with E-state index in [1.165, 1.54) is 302 Å². The number of rotatable bonds is 67. The van der Waals surface area contributed by atoms with E-state index in [9.17, 15) is 19.4 Å². The standard InChI is InChI=1S/C72H141N2O6P/c1-6-8-10-12-14-16-18-20-22-24-26-28-30-32-34-36-37-38-40-42-44-46-48-50-52-54-56-58-60-62-64-66-72(76)73-70(69-80-81(77,78)79-68-67-74(3,4)5)71(75)65-63-61-59-57-55-53-51-49-47-45-43-41-39-35-33-31-29-27-25-23-21-19-17-15-13-11-9-7-2/h47,49,55,57,63,65,70-71,75H,6-46,48,50-54,56,58-62,64,66-69H2,1-5H3,(H-,73,76,77,78)/b49-47+,57-55+,65-63+. The van der Waals surface area contributed by atoms with E-state index in [0.717, 1.165) is 44.9 Å². The summed E-state index contributed by atoms with van der Waals surface area (Å²) in [6.45, 7) is 4.68. The van der Waals surface area contributed by atoms with Gasteiger partial charge in [-0.2, -0.15) is 0 Å². The monoisotopic (exact) mass is 1160 g/mol. The Bertz CT molecular complexity index is 1410. The van der Waals surface area contributed by atoms with Crippen LogP contribution in [0.5, 0.6) is 0 Å². The van der Waals surface area contributed by atoms with Gasteiger partial charge >= 0.3 is 0 Å². The van der Waals surface area contributed by atoms with Crippen molar-refractivity contribution in [3.8, 4) is 0 Å². The molecule has 2 N–H and O–H groups in total. The van der Waals surface area contributed by atoms with E-state index in [1.54, 1.807) is 6.08 Å². The molecule has 3 unspecified atom stereocenters. The van der Waals surface area contributed by atoms with Crippen molar-refractivity contribution in [1.29, 1.82) is 0 Å². The normalized spacial score (nSPS) is 13.8. The van der Waals surface area contributed by atoms with Gasteiger partial charge in [-0.25, -0.2) is 0 Å². The zero-order valence-corrected chi connectivity index (χ0v) is 55.9. The molecule has 0 spiro atoms. The SMILES string of the molecule is CCCCCCCCCCCCCCCCCCCC/C=C/CC/C=C/CC/C=C/C(O)C(COP(=O)([O-])OCC[N+](C)(C)C)NC(=O)CCCCCCCCCCCCCCCCCCCCCCCCCCCCCCCCC. The van der Waals surface area contributed by atoms with Gasteiger partial charge in [-0.1, -0.05) is 352 Å². The number of quaternary nitrogens is 1. The molecule has 0 saturated carbocycles. The summed E-state index contributed by atoms with van der Waals surface area (Å²) < 4.78 is 23.4. The summed E-state index contributed by atoms with van der Waals surface area (Å²) in [4.78, 5) is 25.6. The molecule has 0 aromatic heterocycles. The van der Waals surface area contributed by atoms with Crippen LogP contribution in [0.1, 0.15) is 367 Å². The van der Waals surface area contributed by atoms with Crippen molar-refractivity contribution < 1.29 is 32.9 Å². The average molecular weight is 1160 g/mol. The zero-order valence-electron chi connectivity index (χ0n) is 55.0. The van der Waals surface area contributed by atoms with Crippen LogP contribution >= 0.6 is 7.82 Å². The molecular formula is C72H141N2O6P. The first-order chi connectivity index (χ1) is 39.5. The predicted molar refractivity (Wildman–Crippen MR) is 353 cm³/mol. The Morgan fingerprint density at radius 3 is 1.00 bits per heavy atom. The number of aliphatic hydroxyl groups is 1. The molecule has 0 aliphatic carbocycles. The van der Waals surface area contributed by atoms with Gasteiger partial charge in [0.05, 0.1) is 39.9 Å². The molecule has 1 amide bonds. The molecule has 0 fully saturated rings. The van der Waals surface area contributed by atoms with Crippen molar-refractivity contribution in [2.24, 2.45) is 0 Å². The fraction of sp³-hybridized carbons (Fsp3) is 0.903. The fourth-order valence-corrected chi connectivity index (χ4v) is 11.7. The van der Waals surface area contributed by atoms with E-state index in [2.05, 4.69) is 43.5 Å². The second-order valence-corrected chi connectivity index (χ2v) is 27.3. The van der Waals surface area contributed by atoms with Crippen LogP contribution in [0.2, 0.25) is 0 Å². The van der Waals surface area contributed by atoms with Gasteiger partial charge in [0.2, 0.25) is 5.91 Å². The van der Waals surface area contributed by atoms with E-state index in [0.29, 0.717) is 17.4 Å². The summed E-state index contributed by atoms with van der Waals surface area (Å²) in [5, 5.41) is 13.9. The first kappa shape index (κ1) is 79.7. The van der Waals surface area contributed by atoms with Crippen molar-refractivity contribution in [2.45, 2.75) is 379 Å². The molecular weight excluding hydrogens is 1020 g/mol. The van der Waals surface area contributed by atoms with Crippen molar-refractivity contribution in [3.63, 3.8) is 0 Å². The fourth-order valence-electron chi connectivity index (χ4n) is 11.0. The van der Waals surface area contributed by atoms with Gasteiger partial charge in [0, 0.05) is 6.42 Å². The molecule has 480 valence electrons. The summed E-state index contributed by atoms with van der Waals surface area (Å²) in [7, 11) is 1.25. The predicted octanol–water partition coefficient (Wildman–Crippen LogP) is 22.2. The van der Waals surface area contributed by atoms with E-state index in [4.69, 9.17) is 9.05 Å². The smallest absolute Gasteiger partial charge is 0.268 e. The number of allylic oxidation sites excluding steroid dienone is 5. The van der Waals surface area contributed by atoms with Gasteiger partial charge < -0.3 is 28.8 Å². The Morgan fingerprint density at radius 1 is 0.420 bits per heavy atom. The molecule has 0 aromatic rings. The molecule has 0 heterocycles. The molecule has 0 rings (SSSR count).